The molecule has 0 aliphatic carbocycles. The van der Waals surface area contributed by atoms with Gasteiger partial charge in [-0.05, 0) is 47.0 Å². The molecular weight excluding hydrogens is 354 g/mol. The van der Waals surface area contributed by atoms with E-state index in [1.165, 1.54) is 0 Å². The number of amides is 1. The lowest BCUT2D eigenvalue weighted by molar-refractivity contribution is 0.0914. The Morgan fingerprint density at radius 1 is 1.21 bits per heavy atom. The van der Waals surface area contributed by atoms with Crippen molar-refractivity contribution in [3.8, 4) is 11.5 Å². The van der Waals surface area contributed by atoms with E-state index in [0.29, 0.717) is 24.5 Å². The molecule has 1 aliphatic heterocycles. The van der Waals surface area contributed by atoms with Crippen LogP contribution in [0, 0.1) is 0 Å². The standard InChI is InChI=1S/C23H23NO4/c1-2-27-21-10-7-15-5-3-4-6-18(15)22(21)23(26)24-14-19(25)16-8-9-20-17(13-16)11-12-28-20/h3-10,13,19,25H,2,11-12,14H2,1H3,(H,24,26). The zero-order chi connectivity index (χ0) is 19.5. The van der Waals surface area contributed by atoms with Crippen molar-refractivity contribution in [2.24, 2.45) is 0 Å². The minimum absolute atomic E-state index is 0.118. The maximum absolute atomic E-state index is 13.0. The summed E-state index contributed by atoms with van der Waals surface area (Å²) < 4.78 is 11.2. The van der Waals surface area contributed by atoms with Gasteiger partial charge < -0.3 is 19.9 Å². The summed E-state index contributed by atoms with van der Waals surface area (Å²) in [5.41, 5.74) is 2.36. The second-order valence-electron chi connectivity index (χ2n) is 6.78. The van der Waals surface area contributed by atoms with Crippen LogP contribution in [0.4, 0.5) is 0 Å². The summed E-state index contributed by atoms with van der Waals surface area (Å²) in [7, 11) is 0. The third-order valence-corrected chi connectivity index (χ3v) is 4.97. The fourth-order valence-corrected chi connectivity index (χ4v) is 3.57. The summed E-state index contributed by atoms with van der Waals surface area (Å²) in [4.78, 5) is 13.0. The number of aliphatic hydroxyl groups excluding tert-OH is 1. The first-order valence-corrected chi connectivity index (χ1v) is 9.54. The molecule has 1 unspecified atom stereocenters. The van der Waals surface area contributed by atoms with Gasteiger partial charge in [0, 0.05) is 13.0 Å². The Kier molecular flexibility index (Phi) is 5.17. The van der Waals surface area contributed by atoms with Gasteiger partial charge in [0.15, 0.2) is 0 Å². The van der Waals surface area contributed by atoms with Gasteiger partial charge in [0.25, 0.3) is 5.91 Å². The van der Waals surface area contributed by atoms with Gasteiger partial charge in [-0.15, -0.1) is 0 Å². The highest BCUT2D eigenvalue weighted by Gasteiger charge is 2.19. The van der Waals surface area contributed by atoms with Gasteiger partial charge in [0.05, 0.1) is 24.9 Å². The van der Waals surface area contributed by atoms with Crippen LogP contribution in [-0.4, -0.2) is 30.8 Å². The number of hydrogen-bond donors (Lipinski definition) is 2. The van der Waals surface area contributed by atoms with Crippen LogP contribution in [0.1, 0.15) is 34.5 Å². The molecule has 5 nitrogen and oxygen atoms in total. The number of ether oxygens (including phenoxy) is 2. The Hall–Kier alpha value is -3.05. The van der Waals surface area contributed by atoms with Gasteiger partial charge in [0.2, 0.25) is 0 Å². The summed E-state index contributed by atoms with van der Waals surface area (Å²) in [6, 6.07) is 17.1. The molecule has 1 aliphatic rings. The van der Waals surface area contributed by atoms with E-state index < -0.39 is 6.10 Å². The fourth-order valence-electron chi connectivity index (χ4n) is 3.57. The predicted molar refractivity (Wildman–Crippen MR) is 108 cm³/mol. The molecule has 4 rings (SSSR count). The lowest BCUT2D eigenvalue weighted by atomic mass is 10.0. The van der Waals surface area contributed by atoms with E-state index >= 15 is 0 Å². The van der Waals surface area contributed by atoms with Crippen molar-refractivity contribution in [3.63, 3.8) is 0 Å². The molecule has 5 heteroatoms. The van der Waals surface area contributed by atoms with Gasteiger partial charge in [-0.25, -0.2) is 0 Å². The summed E-state index contributed by atoms with van der Waals surface area (Å²) in [5, 5.41) is 15.2. The van der Waals surface area contributed by atoms with Gasteiger partial charge in [-0.2, -0.15) is 0 Å². The molecule has 1 heterocycles. The maximum atomic E-state index is 13.0. The Balaban J connectivity index is 1.54. The third-order valence-electron chi connectivity index (χ3n) is 4.97. The number of hydrogen-bond acceptors (Lipinski definition) is 4. The van der Waals surface area contributed by atoms with E-state index in [1.807, 2.05) is 61.5 Å². The van der Waals surface area contributed by atoms with Crippen molar-refractivity contribution in [2.75, 3.05) is 19.8 Å². The van der Waals surface area contributed by atoms with Crippen LogP contribution in [0.3, 0.4) is 0 Å². The molecule has 1 atom stereocenters. The van der Waals surface area contributed by atoms with E-state index in [0.717, 1.165) is 34.1 Å². The summed E-state index contributed by atoms with van der Waals surface area (Å²) in [6.45, 7) is 3.15. The molecule has 3 aromatic carbocycles. The molecule has 2 N–H and O–H groups in total. The number of aliphatic hydroxyl groups is 1. The van der Waals surface area contributed by atoms with E-state index in [1.54, 1.807) is 0 Å². The molecular formula is C23H23NO4. The van der Waals surface area contributed by atoms with Crippen LogP contribution in [0.5, 0.6) is 11.5 Å². The number of carbonyl (C=O) groups excluding carboxylic acids is 1. The topological polar surface area (TPSA) is 67.8 Å². The Morgan fingerprint density at radius 3 is 2.93 bits per heavy atom. The molecule has 28 heavy (non-hydrogen) atoms. The SMILES string of the molecule is CCOc1ccc2ccccc2c1C(=O)NCC(O)c1ccc2c(c1)CCO2. The normalized spacial score (nSPS) is 13.6. The molecule has 0 bridgehead atoms. The Labute approximate surface area is 163 Å². The number of carbonyl (C=O) groups is 1. The van der Waals surface area contributed by atoms with Gasteiger partial charge in [0.1, 0.15) is 11.5 Å². The highest BCUT2D eigenvalue weighted by molar-refractivity contribution is 6.09. The van der Waals surface area contributed by atoms with Gasteiger partial charge >= 0.3 is 0 Å². The smallest absolute Gasteiger partial charge is 0.255 e. The molecule has 0 saturated carbocycles. The molecule has 0 fully saturated rings. The number of benzene rings is 3. The number of fused-ring (bicyclic) bond motifs is 2. The first-order valence-electron chi connectivity index (χ1n) is 9.54. The van der Waals surface area contributed by atoms with E-state index in [9.17, 15) is 9.90 Å². The second kappa shape index (κ2) is 7.90. The molecule has 0 spiro atoms. The van der Waals surface area contributed by atoms with Gasteiger partial charge in [-0.1, -0.05) is 36.4 Å². The summed E-state index contributed by atoms with van der Waals surface area (Å²) >= 11 is 0. The highest BCUT2D eigenvalue weighted by Crippen LogP contribution is 2.30. The van der Waals surface area contributed by atoms with Crippen molar-refractivity contribution in [3.05, 3.63) is 71.3 Å². The van der Waals surface area contributed by atoms with E-state index in [4.69, 9.17) is 9.47 Å². The van der Waals surface area contributed by atoms with E-state index in [2.05, 4.69) is 5.32 Å². The minimum Gasteiger partial charge on any atom is -0.493 e. The molecule has 3 aromatic rings. The number of rotatable bonds is 6. The van der Waals surface area contributed by atoms with Crippen LogP contribution < -0.4 is 14.8 Å². The Morgan fingerprint density at radius 2 is 2.07 bits per heavy atom. The highest BCUT2D eigenvalue weighted by atomic mass is 16.5. The molecule has 144 valence electrons. The van der Waals surface area contributed by atoms with Crippen molar-refractivity contribution in [1.82, 2.24) is 5.32 Å². The molecule has 0 saturated heterocycles. The fraction of sp³-hybridized carbons (Fsp3) is 0.261. The molecule has 1 amide bonds. The summed E-state index contributed by atoms with van der Waals surface area (Å²) in [6.07, 6.45) is 0.0519. The van der Waals surface area contributed by atoms with Gasteiger partial charge in [-0.3, -0.25) is 4.79 Å². The van der Waals surface area contributed by atoms with Crippen molar-refractivity contribution in [1.29, 1.82) is 0 Å². The predicted octanol–water partition coefficient (Wildman–Crippen LogP) is 3.64. The van der Waals surface area contributed by atoms with Crippen LogP contribution in [-0.2, 0) is 6.42 Å². The van der Waals surface area contributed by atoms with E-state index in [-0.39, 0.29) is 12.5 Å². The first kappa shape index (κ1) is 18.3. The van der Waals surface area contributed by atoms with Crippen LogP contribution in [0.25, 0.3) is 10.8 Å². The van der Waals surface area contributed by atoms with Crippen molar-refractivity contribution in [2.45, 2.75) is 19.4 Å². The largest absolute Gasteiger partial charge is 0.493 e. The quantitative estimate of drug-likeness (QED) is 0.688. The lowest BCUT2D eigenvalue weighted by Gasteiger charge is -2.16. The van der Waals surface area contributed by atoms with Crippen LogP contribution in [0.2, 0.25) is 0 Å². The zero-order valence-corrected chi connectivity index (χ0v) is 15.8. The molecule has 0 aromatic heterocycles. The van der Waals surface area contributed by atoms with Crippen LogP contribution >= 0.6 is 0 Å². The molecule has 0 radical (unpaired) electrons. The maximum Gasteiger partial charge on any atom is 0.255 e. The average molecular weight is 377 g/mol. The monoisotopic (exact) mass is 377 g/mol. The van der Waals surface area contributed by atoms with Crippen molar-refractivity contribution >= 4 is 16.7 Å². The number of nitrogens with one attached hydrogen (secondary N) is 1. The third kappa shape index (κ3) is 3.53. The van der Waals surface area contributed by atoms with Crippen LogP contribution in [0.15, 0.2) is 54.6 Å². The second-order valence-corrected chi connectivity index (χ2v) is 6.78. The average Bonchev–Trinajstić information content (AvgIpc) is 3.19. The van der Waals surface area contributed by atoms with Crippen molar-refractivity contribution < 1.29 is 19.4 Å². The zero-order valence-electron chi connectivity index (χ0n) is 15.8. The first-order chi connectivity index (χ1) is 13.7. The lowest BCUT2D eigenvalue weighted by Crippen LogP contribution is -2.29. The summed E-state index contributed by atoms with van der Waals surface area (Å²) in [5.74, 6) is 1.16. The Bertz CT molecular complexity index is 1010. The minimum atomic E-state index is -0.791.